The quantitative estimate of drug-likeness (QED) is 0.848. The standard InChI is InChI=1S/C15H25N3O2/c1-17(2)13-12-16-14(20-13)15(6-4-3-5-7-15)18-8-10-19-11-9-18/h12H,3-11H2,1-2H3. The van der Waals surface area contributed by atoms with Crippen LogP contribution in [-0.2, 0) is 10.3 Å². The first-order valence-electron chi connectivity index (χ1n) is 7.69. The Hall–Kier alpha value is -1.07. The number of rotatable bonds is 3. The fourth-order valence-corrected chi connectivity index (χ4v) is 3.48. The number of ether oxygens (including phenoxy) is 1. The first-order chi connectivity index (χ1) is 9.72. The number of nitrogens with zero attached hydrogens (tertiary/aromatic N) is 3. The molecule has 3 rings (SSSR count). The van der Waals surface area contributed by atoms with Crippen LogP contribution in [0.15, 0.2) is 10.6 Å². The first kappa shape index (κ1) is 13.9. The molecular formula is C15H25N3O2. The molecule has 0 aromatic carbocycles. The third-order valence-electron chi connectivity index (χ3n) is 4.63. The molecule has 5 heteroatoms. The van der Waals surface area contributed by atoms with Gasteiger partial charge < -0.3 is 14.1 Å². The lowest BCUT2D eigenvalue weighted by Crippen LogP contribution is -2.52. The van der Waals surface area contributed by atoms with Crippen molar-refractivity contribution in [3.8, 4) is 0 Å². The van der Waals surface area contributed by atoms with E-state index in [0.29, 0.717) is 0 Å². The van der Waals surface area contributed by atoms with Gasteiger partial charge in [-0.25, -0.2) is 4.98 Å². The van der Waals surface area contributed by atoms with Gasteiger partial charge in [-0.1, -0.05) is 19.3 Å². The first-order valence-corrected chi connectivity index (χ1v) is 7.69. The van der Waals surface area contributed by atoms with E-state index in [0.717, 1.165) is 50.9 Å². The van der Waals surface area contributed by atoms with Gasteiger partial charge in [0.1, 0.15) is 0 Å². The van der Waals surface area contributed by atoms with E-state index in [4.69, 9.17) is 9.15 Å². The maximum Gasteiger partial charge on any atom is 0.217 e. The molecule has 0 spiro atoms. The highest BCUT2D eigenvalue weighted by molar-refractivity contribution is 5.30. The minimum Gasteiger partial charge on any atom is -0.423 e. The summed E-state index contributed by atoms with van der Waals surface area (Å²) in [6.07, 6.45) is 8.01. The number of hydrogen-bond donors (Lipinski definition) is 0. The second-order valence-corrected chi connectivity index (χ2v) is 6.09. The van der Waals surface area contributed by atoms with Gasteiger partial charge in [0.25, 0.3) is 0 Å². The van der Waals surface area contributed by atoms with E-state index in [9.17, 15) is 0 Å². The summed E-state index contributed by atoms with van der Waals surface area (Å²) in [5, 5.41) is 0. The van der Waals surface area contributed by atoms with Crippen molar-refractivity contribution in [1.82, 2.24) is 9.88 Å². The molecule has 112 valence electrons. The van der Waals surface area contributed by atoms with Gasteiger partial charge in [0.15, 0.2) is 0 Å². The Balaban J connectivity index is 1.91. The molecular weight excluding hydrogens is 254 g/mol. The summed E-state index contributed by atoms with van der Waals surface area (Å²) >= 11 is 0. The normalized spacial score (nSPS) is 23.7. The lowest BCUT2D eigenvalue weighted by Gasteiger charge is -2.45. The van der Waals surface area contributed by atoms with Gasteiger partial charge in [-0.15, -0.1) is 0 Å². The fraction of sp³-hybridized carbons (Fsp3) is 0.800. The Bertz CT molecular complexity index is 432. The van der Waals surface area contributed by atoms with E-state index in [2.05, 4.69) is 9.88 Å². The van der Waals surface area contributed by atoms with Gasteiger partial charge in [-0.2, -0.15) is 0 Å². The molecule has 1 saturated carbocycles. The maximum atomic E-state index is 6.07. The molecule has 0 unspecified atom stereocenters. The van der Waals surface area contributed by atoms with E-state index < -0.39 is 0 Å². The van der Waals surface area contributed by atoms with Crippen LogP contribution in [0.25, 0.3) is 0 Å². The molecule has 1 aliphatic heterocycles. The summed E-state index contributed by atoms with van der Waals surface area (Å²) in [6, 6.07) is 0. The minimum absolute atomic E-state index is 0.00368. The predicted molar refractivity (Wildman–Crippen MR) is 78.0 cm³/mol. The Labute approximate surface area is 120 Å². The second-order valence-electron chi connectivity index (χ2n) is 6.09. The van der Waals surface area contributed by atoms with Gasteiger partial charge >= 0.3 is 0 Å². The monoisotopic (exact) mass is 279 g/mol. The second kappa shape index (κ2) is 5.74. The predicted octanol–water partition coefficient (Wildman–Crippen LogP) is 2.23. The molecule has 0 radical (unpaired) electrons. The number of aromatic nitrogens is 1. The summed E-state index contributed by atoms with van der Waals surface area (Å²) in [7, 11) is 3.99. The molecule has 0 amide bonds. The van der Waals surface area contributed by atoms with Gasteiger partial charge in [0.2, 0.25) is 11.8 Å². The number of anilines is 1. The zero-order valence-corrected chi connectivity index (χ0v) is 12.6. The van der Waals surface area contributed by atoms with Gasteiger partial charge in [0.05, 0.1) is 24.9 Å². The van der Waals surface area contributed by atoms with Crippen molar-refractivity contribution in [3.05, 3.63) is 12.1 Å². The molecule has 5 nitrogen and oxygen atoms in total. The van der Waals surface area contributed by atoms with E-state index in [1.165, 1.54) is 19.3 Å². The fourth-order valence-electron chi connectivity index (χ4n) is 3.48. The lowest BCUT2D eigenvalue weighted by atomic mass is 9.79. The maximum absolute atomic E-state index is 6.07. The van der Waals surface area contributed by atoms with Crippen molar-refractivity contribution < 1.29 is 9.15 Å². The van der Waals surface area contributed by atoms with Gasteiger partial charge in [0, 0.05) is 27.2 Å². The van der Waals surface area contributed by atoms with Crippen LogP contribution in [0.1, 0.15) is 38.0 Å². The van der Waals surface area contributed by atoms with Crippen molar-refractivity contribution in [2.24, 2.45) is 0 Å². The lowest BCUT2D eigenvalue weighted by molar-refractivity contribution is -0.0513. The molecule has 1 aromatic heterocycles. The van der Waals surface area contributed by atoms with Crippen molar-refractivity contribution >= 4 is 5.88 Å². The smallest absolute Gasteiger partial charge is 0.217 e. The average Bonchev–Trinajstić information content (AvgIpc) is 2.99. The molecule has 2 fully saturated rings. The number of hydrogen-bond acceptors (Lipinski definition) is 5. The van der Waals surface area contributed by atoms with Crippen LogP contribution in [0.3, 0.4) is 0 Å². The van der Waals surface area contributed by atoms with E-state index in [1.807, 2.05) is 25.2 Å². The minimum atomic E-state index is -0.00368. The molecule has 1 saturated heterocycles. The van der Waals surface area contributed by atoms with Crippen LogP contribution in [0, 0.1) is 0 Å². The third kappa shape index (κ3) is 2.44. The summed E-state index contributed by atoms with van der Waals surface area (Å²) < 4.78 is 11.6. The molecule has 0 bridgehead atoms. The van der Waals surface area contributed by atoms with Crippen molar-refractivity contribution in [2.45, 2.75) is 37.6 Å². The SMILES string of the molecule is CN(C)c1cnc(C2(N3CCOCC3)CCCCC2)o1. The van der Waals surface area contributed by atoms with Gasteiger partial charge in [-0.05, 0) is 12.8 Å². The summed E-state index contributed by atoms with van der Waals surface area (Å²) in [6.45, 7) is 3.62. The molecule has 20 heavy (non-hydrogen) atoms. The van der Waals surface area contributed by atoms with E-state index in [1.54, 1.807) is 0 Å². The number of morpholine rings is 1. The van der Waals surface area contributed by atoms with Crippen LogP contribution in [0.4, 0.5) is 5.88 Å². The molecule has 1 aromatic rings. The molecule has 1 aliphatic carbocycles. The summed E-state index contributed by atoms with van der Waals surface area (Å²) in [5.74, 6) is 1.75. The highest BCUT2D eigenvalue weighted by atomic mass is 16.5. The van der Waals surface area contributed by atoms with Crippen LogP contribution in [-0.4, -0.2) is 50.3 Å². The van der Waals surface area contributed by atoms with Crippen LogP contribution in [0.5, 0.6) is 0 Å². The molecule has 2 heterocycles. The topological polar surface area (TPSA) is 41.7 Å². The van der Waals surface area contributed by atoms with Crippen LogP contribution < -0.4 is 4.90 Å². The summed E-state index contributed by atoms with van der Waals surface area (Å²) in [5.41, 5.74) is -0.00368. The van der Waals surface area contributed by atoms with E-state index in [-0.39, 0.29) is 5.54 Å². The van der Waals surface area contributed by atoms with Crippen LogP contribution >= 0.6 is 0 Å². The number of oxazole rings is 1. The van der Waals surface area contributed by atoms with Crippen molar-refractivity contribution in [1.29, 1.82) is 0 Å². The highest BCUT2D eigenvalue weighted by Crippen LogP contribution is 2.42. The zero-order valence-electron chi connectivity index (χ0n) is 12.6. The Morgan fingerprint density at radius 1 is 1.15 bits per heavy atom. The Kier molecular flexibility index (Phi) is 3.98. The zero-order chi connectivity index (χ0) is 14.0. The highest BCUT2D eigenvalue weighted by Gasteiger charge is 2.44. The van der Waals surface area contributed by atoms with Gasteiger partial charge in [-0.3, -0.25) is 4.90 Å². The molecule has 0 atom stereocenters. The summed E-state index contributed by atoms with van der Waals surface area (Å²) in [4.78, 5) is 9.14. The van der Waals surface area contributed by atoms with E-state index >= 15 is 0 Å². The van der Waals surface area contributed by atoms with Crippen LogP contribution in [0.2, 0.25) is 0 Å². The Morgan fingerprint density at radius 2 is 1.85 bits per heavy atom. The molecule has 0 N–H and O–H groups in total. The Morgan fingerprint density at radius 3 is 2.45 bits per heavy atom. The van der Waals surface area contributed by atoms with Crippen molar-refractivity contribution in [2.75, 3.05) is 45.3 Å². The third-order valence-corrected chi connectivity index (χ3v) is 4.63. The largest absolute Gasteiger partial charge is 0.423 e. The average molecular weight is 279 g/mol. The molecule has 2 aliphatic rings. The van der Waals surface area contributed by atoms with Crippen molar-refractivity contribution in [3.63, 3.8) is 0 Å².